The summed E-state index contributed by atoms with van der Waals surface area (Å²) in [5.74, 6) is -0.850. The first-order valence-corrected chi connectivity index (χ1v) is 12.2. The van der Waals surface area contributed by atoms with Crippen LogP contribution >= 0.6 is 0 Å². The molecular formula is C27H25N5O4. The molecule has 0 bridgehead atoms. The van der Waals surface area contributed by atoms with Crippen molar-refractivity contribution >= 4 is 28.5 Å². The molecule has 1 atom stereocenters. The molecule has 0 saturated carbocycles. The fourth-order valence-electron chi connectivity index (χ4n) is 5.47. The molecule has 3 aliphatic heterocycles. The molecule has 7 rings (SSSR count). The van der Waals surface area contributed by atoms with Crippen LogP contribution in [-0.4, -0.2) is 52.9 Å². The molecule has 0 radical (unpaired) electrons. The van der Waals surface area contributed by atoms with E-state index >= 15 is 0 Å². The van der Waals surface area contributed by atoms with Crippen LogP contribution < -0.4 is 10.2 Å². The number of hydrogen-bond donors (Lipinski definition) is 1. The van der Waals surface area contributed by atoms with Crippen molar-refractivity contribution in [1.29, 1.82) is 0 Å². The first-order chi connectivity index (χ1) is 17.6. The molecule has 3 fully saturated rings. The van der Waals surface area contributed by atoms with Gasteiger partial charge in [-0.05, 0) is 30.2 Å². The Hall–Kier alpha value is -3.98. The summed E-state index contributed by atoms with van der Waals surface area (Å²) >= 11 is 0. The molecule has 3 saturated heterocycles. The van der Waals surface area contributed by atoms with Gasteiger partial charge in [0, 0.05) is 42.2 Å². The Morgan fingerprint density at radius 2 is 1.97 bits per heavy atom. The lowest BCUT2D eigenvalue weighted by Crippen LogP contribution is -2.66. The third-order valence-electron chi connectivity index (χ3n) is 7.55. The van der Waals surface area contributed by atoms with Gasteiger partial charge in [-0.2, -0.15) is 5.10 Å². The average molecular weight is 484 g/mol. The summed E-state index contributed by atoms with van der Waals surface area (Å²) in [7, 11) is 0. The quantitative estimate of drug-likeness (QED) is 0.435. The number of ether oxygens (including phenoxy) is 1. The van der Waals surface area contributed by atoms with Crippen molar-refractivity contribution in [3.05, 3.63) is 66.4 Å². The number of furan rings is 1. The number of piperidine rings is 1. The Kier molecular flexibility index (Phi) is 4.75. The lowest BCUT2D eigenvalue weighted by atomic mass is 9.78. The number of hydrogen-bond acceptors (Lipinski definition) is 7. The molecule has 1 spiro atoms. The van der Waals surface area contributed by atoms with Crippen molar-refractivity contribution in [3.63, 3.8) is 0 Å². The number of pyridine rings is 1. The van der Waals surface area contributed by atoms with E-state index in [2.05, 4.69) is 32.4 Å². The minimum Gasteiger partial charge on any atom is -0.464 e. The lowest BCUT2D eigenvalue weighted by Gasteiger charge is -2.55. The average Bonchev–Trinajstić information content (AvgIpc) is 3.45. The standard InChI is InChI=1S/C27H25N5O4/c33-25-6-5-22(26(34)30-25)23-12-36-24-7-17(1-4-21(23)24)18-8-29-32(10-18)11-19-2-3-20(9-28-19)31-13-27(14-31)15-35-16-27/h1-4,7-10,12,22H,5-6,11,13-16H2,(H,30,33,34). The van der Waals surface area contributed by atoms with Gasteiger partial charge in [-0.25, -0.2) is 0 Å². The Labute approximate surface area is 207 Å². The second-order valence-electron chi connectivity index (χ2n) is 10.2. The van der Waals surface area contributed by atoms with Crippen molar-refractivity contribution in [2.45, 2.75) is 25.3 Å². The highest BCUT2D eigenvalue weighted by Gasteiger charge is 2.49. The van der Waals surface area contributed by atoms with Gasteiger partial charge in [0.05, 0.1) is 61.1 Å². The maximum Gasteiger partial charge on any atom is 0.234 e. The molecule has 3 aliphatic rings. The summed E-state index contributed by atoms with van der Waals surface area (Å²) in [5.41, 5.74) is 5.97. The molecule has 2 amide bonds. The number of nitrogens with one attached hydrogen (secondary N) is 1. The van der Waals surface area contributed by atoms with E-state index in [4.69, 9.17) is 9.15 Å². The molecule has 6 heterocycles. The zero-order chi connectivity index (χ0) is 24.3. The molecule has 182 valence electrons. The highest BCUT2D eigenvalue weighted by molar-refractivity contribution is 6.03. The molecule has 9 nitrogen and oxygen atoms in total. The SMILES string of the molecule is O=C1CCC(c2coc3cc(-c4cnn(Cc5ccc(N6CC7(COC7)C6)cn5)c4)ccc23)C(=O)N1. The van der Waals surface area contributed by atoms with Crippen LogP contribution in [0.15, 0.2) is 59.6 Å². The first kappa shape index (κ1) is 21.3. The number of benzene rings is 1. The molecular weight excluding hydrogens is 458 g/mol. The van der Waals surface area contributed by atoms with Gasteiger partial charge >= 0.3 is 0 Å². The molecule has 4 aromatic rings. The largest absolute Gasteiger partial charge is 0.464 e. The van der Waals surface area contributed by atoms with Crippen molar-refractivity contribution in [1.82, 2.24) is 20.1 Å². The summed E-state index contributed by atoms with van der Waals surface area (Å²) in [6.45, 7) is 4.44. The van der Waals surface area contributed by atoms with Gasteiger partial charge in [0.25, 0.3) is 0 Å². The number of carbonyl (C=O) groups excluding carboxylic acids is 2. The summed E-state index contributed by atoms with van der Waals surface area (Å²) in [4.78, 5) is 30.8. The third kappa shape index (κ3) is 3.58. The van der Waals surface area contributed by atoms with Crippen molar-refractivity contribution < 1.29 is 18.7 Å². The summed E-state index contributed by atoms with van der Waals surface area (Å²) < 4.78 is 13.0. The highest BCUT2D eigenvalue weighted by atomic mass is 16.5. The van der Waals surface area contributed by atoms with Crippen LogP contribution in [0.25, 0.3) is 22.1 Å². The van der Waals surface area contributed by atoms with E-state index in [1.165, 1.54) is 0 Å². The van der Waals surface area contributed by atoms with E-state index in [0.717, 1.165) is 59.8 Å². The van der Waals surface area contributed by atoms with Gasteiger partial charge in [0.15, 0.2) is 0 Å². The lowest BCUT2D eigenvalue weighted by molar-refractivity contribution is -0.134. The fourth-order valence-corrected chi connectivity index (χ4v) is 5.47. The number of nitrogens with zero attached hydrogens (tertiary/aromatic N) is 4. The molecule has 1 N–H and O–H groups in total. The monoisotopic (exact) mass is 483 g/mol. The van der Waals surface area contributed by atoms with E-state index in [1.807, 2.05) is 41.5 Å². The molecule has 3 aromatic heterocycles. The second-order valence-corrected chi connectivity index (χ2v) is 10.2. The van der Waals surface area contributed by atoms with Crippen molar-refractivity contribution in [3.8, 4) is 11.1 Å². The van der Waals surface area contributed by atoms with E-state index in [9.17, 15) is 9.59 Å². The number of amides is 2. The fraction of sp³-hybridized carbons (Fsp3) is 0.333. The normalized spacial score (nSPS) is 20.9. The van der Waals surface area contributed by atoms with Crippen molar-refractivity contribution in [2.75, 3.05) is 31.2 Å². The molecule has 9 heteroatoms. The van der Waals surface area contributed by atoms with Gasteiger partial charge in [0.2, 0.25) is 11.8 Å². The van der Waals surface area contributed by atoms with Crippen molar-refractivity contribution in [2.24, 2.45) is 5.41 Å². The Bertz CT molecular complexity index is 1480. The highest BCUT2D eigenvalue weighted by Crippen LogP contribution is 2.40. The number of aromatic nitrogens is 3. The van der Waals surface area contributed by atoms with E-state index < -0.39 is 0 Å². The molecule has 1 aromatic carbocycles. The van der Waals surface area contributed by atoms with Crippen LogP contribution in [0.3, 0.4) is 0 Å². The second kappa shape index (κ2) is 8.03. The number of imide groups is 1. The zero-order valence-corrected chi connectivity index (χ0v) is 19.6. The van der Waals surface area contributed by atoms with E-state index in [0.29, 0.717) is 30.4 Å². The summed E-state index contributed by atoms with van der Waals surface area (Å²) in [6.07, 6.45) is 8.24. The first-order valence-electron chi connectivity index (χ1n) is 12.2. The number of fused-ring (bicyclic) bond motifs is 1. The van der Waals surface area contributed by atoms with Gasteiger partial charge in [-0.1, -0.05) is 12.1 Å². The summed E-state index contributed by atoms with van der Waals surface area (Å²) in [5, 5.41) is 7.84. The predicted octanol–water partition coefficient (Wildman–Crippen LogP) is 3.10. The van der Waals surface area contributed by atoms with Gasteiger partial charge in [0.1, 0.15) is 5.58 Å². The molecule has 0 aliphatic carbocycles. The van der Waals surface area contributed by atoms with Crippen LogP contribution in [0.2, 0.25) is 0 Å². The number of rotatable bonds is 5. The Balaban J connectivity index is 1.05. The smallest absolute Gasteiger partial charge is 0.234 e. The Morgan fingerprint density at radius 3 is 2.72 bits per heavy atom. The maximum atomic E-state index is 12.3. The van der Waals surface area contributed by atoms with E-state index in [1.54, 1.807) is 6.26 Å². The van der Waals surface area contributed by atoms with Gasteiger partial charge in [-0.3, -0.25) is 24.6 Å². The van der Waals surface area contributed by atoms with Gasteiger partial charge in [-0.15, -0.1) is 0 Å². The van der Waals surface area contributed by atoms with Crippen LogP contribution in [0.5, 0.6) is 0 Å². The minimum atomic E-state index is -0.370. The van der Waals surface area contributed by atoms with Crippen LogP contribution in [0.1, 0.15) is 30.0 Å². The number of anilines is 1. The Morgan fingerprint density at radius 1 is 1.08 bits per heavy atom. The van der Waals surface area contributed by atoms with Crippen LogP contribution in [0.4, 0.5) is 5.69 Å². The predicted molar refractivity (Wildman–Crippen MR) is 131 cm³/mol. The van der Waals surface area contributed by atoms with Crippen LogP contribution in [0, 0.1) is 5.41 Å². The molecule has 36 heavy (non-hydrogen) atoms. The molecule has 1 unspecified atom stereocenters. The van der Waals surface area contributed by atoms with Crippen LogP contribution in [-0.2, 0) is 20.9 Å². The van der Waals surface area contributed by atoms with E-state index in [-0.39, 0.29) is 17.7 Å². The topological polar surface area (TPSA) is 102 Å². The van der Waals surface area contributed by atoms with Gasteiger partial charge < -0.3 is 14.1 Å². The maximum absolute atomic E-state index is 12.3. The third-order valence-corrected chi connectivity index (χ3v) is 7.55. The number of carbonyl (C=O) groups is 2. The summed E-state index contributed by atoms with van der Waals surface area (Å²) in [6, 6.07) is 10.1. The minimum absolute atomic E-state index is 0.219. The zero-order valence-electron chi connectivity index (χ0n) is 19.6.